The van der Waals surface area contributed by atoms with Crippen molar-refractivity contribution in [2.24, 2.45) is 0 Å². The number of aryl methyl sites for hydroxylation is 2. The molecule has 0 bridgehead atoms. The van der Waals surface area contributed by atoms with Gasteiger partial charge in [-0.05, 0) is 19.9 Å². The predicted octanol–water partition coefficient (Wildman–Crippen LogP) is 3.02. The predicted molar refractivity (Wildman–Crippen MR) is 111 cm³/mol. The molecule has 148 valence electrons. The molecule has 0 N–H and O–H groups in total. The lowest BCUT2D eigenvalue weighted by Crippen LogP contribution is -2.41. The summed E-state index contributed by atoms with van der Waals surface area (Å²) in [6.45, 7) is 6.36. The highest BCUT2D eigenvalue weighted by atomic mass is 32.2. The first-order valence-corrected chi connectivity index (χ1v) is 11.0. The van der Waals surface area contributed by atoms with Crippen LogP contribution < -0.4 is 0 Å². The van der Waals surface area contributed by atoms with Crippen LogP contribution in [0.4, 0.5) is 0 Å². The molecule has 1 aliphatic heterocycles. The van der Waals surface area contributed by atoms with Gasteiger partial charge < -0.3 is 9.64 Å². The Morgan fingerprint density at radius 3 is 2.46 bits per heavy atom. The van der Waals surface area contributed by atoms with E-state index >= 15 is 0 Å². The average molecular weight is 418 g/mol. The Bertz CT molecular complexity index is 837. The van der Waals surface area contributed by atoms with Crippen LogP contribution in [-0.2, 0) is 9.53 Å². The van der Waals surface area contributed by atoms with Gasteiger partial charge >= 0.3 is 0 Å². The van der Waals surface area contributed by atoms with E-state index < -0.39 is 0 Å². The molecule has 8 heteroatoms. The summed E-state index contributed by atoms with van der Waals surface area (Å²) >= 11 is 2.72. The van der Waals surface area contributed by atoms with Crippen LogP contribution in [-0.4, -0.2) is 64.4 Å². The maximum absolute atomic E-state index is 12.3. The molecular formula is C20H23N3O3S2. The Hall–Kier alpha value is -1.90. The number of aromatic nitrogens is 2. The van der Waals surface area contributed by atoms with E-state index in [0.717, 1.165) is 16.3 Å². The minimum absolute atomic E-state index is 0.0480. The Balaban J connectivity index is 1.55. The third kappa shape index (κ3) is 6.05. The van der Waals surface area contributed by atoms with E-state index in [4.69, 9.17) is 4.74 Å². The zero-order valence-corrected chi connectivity index (χ0v) is 17.6. The van der Waals surface area contributed by atoms with Gasteiger partial charge in [0.05, 0.1) is 24.7 Å². The van der Waals surface area contributed by atoms with Gasteiger partial charge in [0.15, 0.2) is 10.9 Å². The van der Waals surface area contributed by atoms with E-state index in [2.05, 4.69) is 9.97 Å². The molecule has 0 atom stereocenters. The maximum Gasteiger partial charge on any atom is 0.233 e. The molecule has 6 nitrogen and oxygen atoms in total. The number of nitrogens with zero attached hydrogens (tertiary/aromatic N) is 3. The molecule has 0 saturated carbocycles. The summed E-state index contributed by atoms with van der Waals surface area (Å²) < 4.78 is 5.28. The van der Waals surface area contributed by atoms with Crippen LogP contribution in [0.25, 0.3) is 0 Å². The maximum atomic E-state index is 12.3. The van der Waals surface area contributed by atoms with E-state index in [0.29, 0.717) is 42.8 Å². The van der Waals surface area contributed by atoms with Gasteiger partial charge in [-0.2, -0.15) is 0 Å². The monoisotopic (exact) mass is 417 g/mol. The zero-order chi connectivity index (χ0) is 19.9. The highest BCUT2D eigenvalue weighted by Gasteiger charge is 2.17. The first kappa shape index (κ1) is 20.8. The first-order chi connectivity index (χ1) is 13.5. The normalized spacial score (nSPS) is 14.1. The molecule has 1 saturated heterocycles. The number of hydrogen-bond donors (Lipinski definition) is 0. The second-order valence-electron chi connectivity index (χ2n) is 6.49. The number of thioether (sulfide) groups is 2. The van der Waals surface area contributed by atoms with Crippen LogP contribution in [0.15, 0.2) is 40.5 Å². The highest BCUT2D eigenvalue weighted by molar-refractivity contribution is 8.00. The molecular weight excluding hydrogens is 394 g/mol. The van der Waals surface area contributed by atoms with Crippen LogP contribution in [0.5, 0.6) is 0 Å². The van der Waals surface area contributed by atoms with Crippen molar-refractivity contribution in [2.75, 3.05) is 37.8 Å². The van der Waals surface area contributed by atoms with Gasteiger partial charge in [-0.15, -0.1) is 0 Å². The summed E-state index contributed by atoms with van der Waals surface area (Å²) in [7, 11) is 0. The zero-order valence-electron chi connectivity index (χ0n) is 16.0. The molecule has 28 heavy (non-hydrogen) atoms. The van der Waals surface area contributed by atoms with E-state index in [-0.39, 0.29) is 17.4 Å². The number of Topliss-reactive ketones (excluding diaryl/α,β-unsaturated/α-hetero) is 1. The topological polar surface area (TPSA) is 72.4 Å². The van der Waals surface area contributed by atoms with Gasteiger partial charge in [0.2, 0.25) is 5.91 Å². The Kier molecular flexibility index (Phi) is 7.47. The van der Waals surface area contributed by atoms with E-state index in [1.165, 1.54) is 23.5 Å². The summed E-state index contributed by atoms with van der Waals surface area (Å²) in [4.78, 5) is 35.4. The molecule has 1 aromatic carbocycles. The molecule has 2 aromatic rings. The number of amides is 1. The van der Waals surface area contributed by atoms with Crippen molar-refractivity contribution in [3.63, 3.8) is 0 Å². The van der Waals surface area contributed by atoms with Crippen molar-refractivity contribution >= 4 is 35.2 Å². The van der Waals surface area contributed by atoms with Gasteiger partial charge in [-0.25, -0.2) is 9.97 Å². The average Bonchev–Trinajstić information content (AvgIpc) is 2.71. The fourth-order valence-electron chi connectivity index (χ4n) is 2.64. The number of carbonyl (C=O) groups excluding carboxylic acids is 2. The van der Waals surface area contributed by atoms with Crippen LogP contribution in [0.2, 0.25) is 0 Å². The standard InChI is InChI=1S/C20H23N3O3S2/c1-14-3-5-16(6-4-14)17(24)12-28-20-21-15(2)11-18(22-20)27-13-19(25)23-7-9-26-10-8-23/h3-6,11H,7-10,12-13H2,1-2H3. The van der Waals surface area contributed by atoms with Crippen LogP contribution in [0.3, 0.4) is 0 Å². The number of benzene rings is 1. The third-order valence-electron chi connectivity index (χ3n) is 4.22. The minimum Gasteiger partial charge on any atom is -0.378 e. The van der Waals surface area contributed by atoms with Crippen LogP contribution >= 0.6 is 23.5 Å². The van der Waals surface area contributed by atoms with E-state index in [9.17, 15) is 9.59 Å². The number of carbonyl (C=O) groups is 2. The molecule has 0 spiro atoms. The SMILES string of the molecule is Cc1ccc(C(=O)CSc2nc(C)cc(SCC(=O)N3CCOCC3)n2)cc1. The lowest BCUT2D eigenvalue weighted by Gasteiger charge is -2.26. The second kappa shape index (κ2) is 10.0. The third-order valence-corrected chi connectivity index (χ3v) is 5.97. The summed E-state index contributed by atoms with van der Waals surface area (Å²) in [6.07, 6.45) is 0. The molecule has 0 aliphatic carbocycles. The van der Waals surface area contributed by atoms with Crippen molar-refractivity contribution in [1.29, 1.82) is 0 Å². The molecule has 1 amide bonds. The molecule has 1 fully saturated rings. The number of rotatable bonds is 7. The van der Waals surface area contributed by atoms with Crippen molar-refractivity contribution in [1.82, 2.24) is 14.9 Å². The molecule has 3 rings (SSSR count). The number of ether oxygens (including phenoxy) is 1. The van der Waals surface area contributed by atoms with Gasteiger partial charge in [-0.3, -0.25) is 9.59 Å². The van der Waals surface area contributed by atoms with E-state index in [1.54, 1.807) is 0 Å². The lowest BCUT2D eigenvalue weighted by atomic mass is 10.1. The van der Waals surface area contributed by atoms with Crippen molar-refractivity contribution in [3.05, 3.63) is 47.2 Å². The van der Waals surface area contributed by atoms with E-state index in [1.807, 2.05) is 49.1 Å². The number of morpholine rings is 1. The fraction of sp³-hybridized carbons (Fsp3) is 0.400. The fourth-order valence-corrected chi connectivity index (χ4v) is 4.36. The van der Waals surface area contributed by atoms with Crippen molar-refractivity contribution in [3.8, 4) is 0 Å². The minimum atomic E-state index is 0.0480. The second-order valence-corrected chi connectivity index (χ2v) is 8.43. The summed E-state index contributed by atoms with van der Waals surface area (Å²) in [5.74, 6) is 0.756. The Morgan fingerprint density at radius 1 is 1.04 bits per heavy atom. The largest absolute Gasteiger partial charge is 0.378 e. The number of hydrogen-bond acceptors (Lipinski definition) is 7. The van der Waals surface area contributed by atoms with Gasteiger partial charge in [-0.1, -0.05) is 53.4 Å². The summed E-state index contributed by atoms with van der Waals surface area (Å²) in [6, 6.07) is 9.41. The van der Waals surface area contributed by atoms with Crippen molar-refractivity contribution < 1.29 is 14.3 Å². The van der Waals surface area contributed by atoms with Crippen LogP contribution in [0, 0.1) is 13.8 Å². The van der Waals surface area contributed by atoms with Gasteiger partial charge in [0.1, 0.15) is 5.03 Å². The Labute approximate surface area is 173 Å². The molecule has 0 radical (unpaired) electrons. The van der Waals surface area contributed by atoms with Gasteiger partial charge in [0.25, 0.3) is 0 Å². The Morgan fingerprint density at radius 2 is 1.75 bits per heavy atom. The lowest BCUT2D eigenvalue weighted by molar-refractivity contribution is -0.132. The molecule has 0 unspecified atom stereocenters. The summed E-state index contributed by atoms with van der Waals surface area (Å²) in [5, 5.41) is 1.31. The van der Waals surface area contributed by atoms with Gasteiger partial charge in [0, 0.05) is 24.3 Å². The molecule has 2 heterocycles. The van der Waals surface area contributed by atoms with Crippen molar-refractivity contribution in [2.45, 2.75) is 24.0 Å². The summed E-state index contributed by atoms with van der Waals surface area (Å²) in [5.41, 5.74) is 2.64. The first-order valence-electron chi connectivity index (χ1n) is 9.08. The quantitative estimate of drug-likeness (QED) is 0.297. The van der Waals surface area contributed by atoms with Crippen LogP contribution in [0.1, 0.15) is 21.6 Å². The molecule has 1 aliphatic rings. The number of ketones is 1. The highest BCUT2D eigenvalue weighted by Crippen LogP contribution is 2.22. The molecule has 1 aromatic heterocycles. The smallest absolute Gasteiger partial charge is 0.233 e.